The minimum absolute atomic E-state index is 0.0719. The molecular weight excluding hydrogens is 356 g/mol. The number of fused-ring (bicyclic) bond motifs is 1. The molecule has 1 amide bonds. The van der Waals surface area contributed by atoms with E-state index < -0.39 is 0 Å². The van der Waals surface area contributed by atoms with Gasteiger partial charge in [-0.3, -0.25) is 4.79 Å². The fourth-order valence-corrected chi connectivity index (χ4v) is 5.10. The molecule has 0 aliphatic heterocycles. The first kappa shape index (κ1) is 17.9. The van der Waals surface area contributed by atoms with Crippen molar-refractivity contribution in [3.8, 4) is 0 Å². The monoisotopic (exact) mass is 380 g/mol. The third kappa shape index (κ3) is 3.17. The number of hydrogen-bond donors (Lipinski definition) is 1. The maximum atomic E-state index is 12.3. The van der Waals surface area contributed by atoms with Crippen LogP contribution < -0.4 is 5.43 Å². The Hall–Kier alpha value is -3.20. The summed E-state index contributed by atoms with van der Waals surface area (Å²) < 4.78 is 0. The number of nitrogens with one attached hydrogen (secondary N) is 1. The summed E-state index contributed by atoms with van der Waals surface area (Å²) in [5.41, 5.74) is 10.5. The van der Waals surface area contributed by atoms with E-state index in [0.29, 0.717) is 24.2 Å². The molecule has 6 rings (SSSR count). The molecule has 29 heavy (non-hydrogen) atoms. The summed E-state index contributed by atoms with van der Waals surface area (Å²) in [7, 11) is 0. The maximum Gasteiger partial charge on any atom is 0.244 e. The van der Waals surface area contributed by atoms with Gasteiger partial charge in [-0.15, -0.1) is 0 Å². The number of nitrogens with zero attached hydrogens (tertiary/aromatic N) is 1. The van der Waals surface area contributed by atoms with Gasteiger partial charge in [0.05, 0.1) is 6.42 Å². The van der Waals surface area contributed by atoms with Crippen LogP contribution in [0, 0.1) is 5.92 Å². The van der Waals surface area contributed by atoms with Crippen molar-refractivity contribution >= 4 is 11.6 Å². The molecule has 3 aliphatic carbocycles. The minimum Gasteiger partial charge on any atom is -0.273 e. The predicted octanol–water partition coefficient (Wildman–Crippen LogP) is 5.02. The van der Waals surface area contributed by atoms with Gasteiger partial charge in [-0.25, -0.2) is 5.43 Å². The van der Waals surface area contributed by atoms with Gasteiger partial charge in [0.2, 0.25) is 5.91 Å². The van der Waals surface area contributed by atoms with E-state index in [4.69, 9.17) is 0 Å². The first-order chi connectivity index (χ1) is 14.2. The van der Waals surface area contributed by atoms with Gasteiger partial charge in [-0.1, -0.05) is 78.9 Å². The number of carbonyl (C=O) groups excluding carboxylic acids is 1. The predicted molar refractivity (Wildman–Crippen MR) is 116 cm³/mol. The molecule has 0 aromatic heterocycles. The van der Waals surface area contributed by atoms with Gasteiger partial charge in [0, 0.05) is 23.5 Å². The number of benzene rings is 3. The lowest BCUT2D eigenvalue weighted by Gasteiger charge is -2.45. The summed E-state index contributed by atoms with van der Waals surface area (Å²) in [6, 6.07) is 27.4. The van der Waals surface area contributed by atoms with Crippen molar-refractivity contribution in [1.82, 2.24) is 5.43 Å². The first-order valence-electron chi connectivity index (χ1n) is 10.3. The highest BCUT2D eigenvalue weighted by Gasteiger charge is 2.44. The zero-order valence-electron chi connectivity index (χ0n) is 16.5. The topological polar surface area (TPSA) is 41.5 Å². The Morgan fingerprint density at radius 1 is 0.862 bits per heavy atom. The van der Waals surface area contributed by atoms with Gasteiger partial charge in [0.15, 0.2) is 0 Å². The Kier molecular flexibility index (Phi) is 4.51. The standard InChI is InChI=1S/C26H24N2O/c1-17(27-28-25(29)15-18-9-3-2-4-10-18)23-16-24-19-11-5-7-13-21(19)26(23)22-14-8-6-12-20(22)24/h2-14,23-24,26H,15-16H2,1H3,(H,28,29)/t23-,24?,26?/m1/s1. The summed E-state index contributed by atoms with van der Waals surface area (Å²) in [6.45, 7) is 2.05. The van der Waals surface area contributed by atoms with E-state index in [-0.39, 0.29) is 5.91 Å². The van der Waals surface area contributed by atoms with Gasteiger partial charge >= 0.3 is 0 Å². The van der Waals surface area contributed by atoms with Crippen LogP contribution in [-0.4, -0.2) is 11.6 Å². The van der Waals surface area contributed by atoms with Crippen LogP contribution in [-0.2, 0) is 11.2 Å². The molecule has 3 nitrogen and oxygen atoms in total. The van der Waals surface area contributed by atoms with Crippen LogP contribution in [0.2, 0.25) is 0 Å². The van der Waals surface area contributed by atoms with Crippen LogP contribution in [0.4, 0.5) is 0 Å². The Morgan fingerprint density at radius 3 is 2.03 bits per heavy atom. The summed E-state index contributed by atoms with van der Waals surface area (Å²) in [5.74, 6) is 0.948. The molecular formula is C26H24N2O. The van der Waals surface area contributed by atoms with Crippen LogP contribution in [0.1, 0.15) is 53.0 Å². The fraction of sp³-hybridized carbons (Fsp3) is 0.231. The SMILES string of the molecule is CC(=NNC(=O)Cc1ccccc1)[C@H]1CC2c3ccccc3C1c1ccccc12. The highest BCUT2D eigenvalue weighted by Crippen LogP contribution is 2.55. The van der Waals surface area contributed by atoms with E-state index in [0.717, 1.165) is 17.7 Å². The van der Waals surface area contributed by atoms with Gasteiger partial charge in [0.25, 0.3) is 0 Å². The second kappa shape index (κ2) is 7.32. The number of carbonyl (C=O) groups is 1. The van der Waals surface area contributed by atoms with Gasteiger partial charge in [0.1, 0.15) is 0 Å². The van der Waals surface area contributed by atoms with Crippen LogP contribution in [0.15, 0.2) is 84.0 Å². The largest absolute Gasteiger partial charge is 0.273 e. The van der Waals surface area contributed by atoms with Crippen molar-refractivity contribution in [2.45, 2.75) is 31.6 Å². The summed E-state index contributed by atoms with van der Waals surface area (Å²) >= 11 is 0. The summed E-state index contributed by atoms with van der Waals surface area (Å²) in [4.78, 5) is 12.3. The van der Waals surface area contributed by atoms with Crippen molar-refractivity contribution in [2.75, 3.05) is 0 Å². The molecule has 0 spiro atoms. The average molecular weight is 380 g/mol. The highest BCUT2D eigenvalue weighted by molar-refractivity contribution is 5.89. The van der Waals surface area contributed by atoms with Crippen LogP contribution >= 0.6 is 0 Å². The molecule has 2 bridgehead atoms. The van der Waals surface area contributed by atoms with Gasteiger partial charge in [-0.05, 0) is 41.2 Å². The molecule has 3 aromatic rings. The van der Waals surface area contributed by atoms with Gasteiger partial charge < -0.3 is 0 Å². The molecule has 0 radical (unpaired) electrons. The quantitative estimate of drug-likeness (QED) is 0.501. The van der Waals surface area contributed by atoms with Crippen molar-refractivity contribution in [2.24, 2.45) is 11.0 Å². The molecule has 3 aromatic carbocycles. The first-order valence-corrected chi connectivity index (χ1v) is 10.3. The molecule has 0 saturated carbocycles. The summed E-state index contributed by atoms with van der Waals surface area (Å²) in [6.07, 6.45) is 1.39. The molecule has 3 heteroatoms. The lowest BCUT2D eigenvalue weighted by molar-refractivity contribution is -0.120. The second-order valence-electron chi connectivity index (χ2n) is 8.08. The molecule has 0 fully saturated rings. The molecule has 0 saturated heterocycles. The third-order valence-electron chi connectivity index (χ3n) is 6.41. The van der Waals surface area contributed by atoms with Crippen molar-refractivity contribution < 1.29 is 4.79 Å². The number of rotatable bonds is 4. The van der Waals surface area contributed by atoms with Crippen molar-refractivity contribution in [3.63, 3.8) is 0 Å². The molecule has 1 N–H and O–H groups in total. The van der Waals surface area contributed by atoms with Crippen LogP contribution in [0.3, 0.4) is 0 Å². The average Bonchev–Trinajstić information content (AvgIpc) is 2.78. The fourth-order valence-electron chi connectivity index (χ4n) is 5.10. The van der Waals surface area contributed by atoms with E-state index in [9.17, 15) is 4.79 Å². The maximum absolute atomic E-state index is 12.3. The zero-order chi connectivity index (χ0) is 19.8. The summed E-state index contributed by atoms with van der Waals surface area (Å²) in [5, 5.41) is 4.53. The lowest BCUT2D eigenvalue weighted by Crippen LogP contribution is -2.36. The molecule has 3 aliphatic rings. The number of hydrazone groups is 1. The van der Waals surface area contributed by atoms with E-state index in [1.807, 2.05) is 30.3 Å². The van der Waals surface area contributed by atoms with E-state index in [2.05, 4.69) is 66.0 Å². The Morgan fingerprint density at radius 2 is 1.41 bits per heavy atom. The van der Waals surface area contributed by atoms with Crippen molar-refractivity contribution in [1.29, 1.82) is 0 Å². The van der Waals surface area contributed by atoms with E-state index >= 15 is 0 Å². The Bertz CT molecular complexity index is 1040. The van der Waals surface area contributed by atoms with E-state index in [1.165, 1.54) is 22.3 Å². The minimum atomic E-state index is -0.0719. The van der Waals surface area contributed by atoms with Crippen LogP contribution in [0.25, 0.3) is 0 Å². The van der Waals surface area contributed by atoms with Crippen LogP contribution in [0.5, 0.6) is 0 Å². The normalized spacial score (nSPS) is 22.0. The zero-order valence-corrected chi connectivity index (χ0v) is 16.5. The smallest absolute Gasteiger partial charge is 0.244 e. The highest BCUT2D eigenvalue weighted by atomic mass is 16.2. The molecule has 144 valence electrons. The third-order valence-corrected chi connectivity index (χ3v) is 6.41. The number of hydrogen-bond acceptors (Lipinski definition) is 2. The molecule has 1 atom stereocenters. The Labute approximate surface area is 171 Å². The molecule has 0 unspecified atom stereocenters. The Balaban J connectivity index is 1.40. The van der Waals surface area contributed by atoms with Gasteiger partial charge in [-0.2, -0.15) is 5.10 Å². The lowest BCUT2D eigenvalue weighted by atomic mass is 9.58. The number of amides is 1. The van der Waals surface area contributed by atoms with Crippen molar-refractivity contribution in [3.05, 3.63) is 107 Å². The second-order valence-corrected chi connectivity index (χ2v) is 8.08. The molecule has 0 heterocycles. The van der Waals surface area contributed by atoms with E-state index in [1.54, 1.807) is 0 Å².